The Morgan fingerprint density at radius 3 is 2.70 bits per heavy atom. The van der Waals surface area contributed by atoms with Crippen molar-refractivity contribution in [3.05, 3.63) is 46.2 Å². The predicted octanol–water partition coefficient (Wildman–Crippen LogP) is 3.90. The molecule has 0 spiro atoms. The molecule has 148 valence electrons. The minimum atomic E-state index is -2.90. The van der Waals surface area contributed by atoms with Crippen molar-refractivity contribution in [2.75, 3.05) is 20.7 Å². The van der Waals surface area contributed by atoms with E-state index in [4.69, 9.17) is 4.74 Å². The van der Waals surface area contributed by atoms with Crippen molar-refractivity contribution in [1.82, 2.24) is 10.6 Å². The van der Waals surface area contributed by atoms with Crippen LogP contribution in [0.25, 0.3) is 0 Å². The van der Waals surface area contributed by atoms with Crippen molar-refractivity contribution in [1.29, 1.82) is 0 Å². The summed E-state index contributed by atoms with van der Waals surface area (Å²) in [7, 11) is 3.15. The number of benzene rings is 1. The van der Waals surface area contributed by atoms with Gasteiger partial charge in [-0.1, -0.05) is 13.0 Å². The summed E-state index contributed by atoms with van der Waals surface area (Å²) in [6.07, 6.45) is 0.993. The van der Waals surface area contributed by atoms with Crippen LogP contribution in [-0.4, -0.2) is 33.3 Å². The van der Waals surface area contributed by atoms with Crippen molar-refractivity contribution in [3.8, 4) is 11.5 Å². The zero-order valence-corrected chi connectivity index (χ0v) is 16.5. The molecule has 1 aromatic carbocycles. The Kier molecular flexibility index (Phi) is 8.32. The number of thiophene rings is 1. The molecule has 0 aliphatic rings. The fourth-order valence-electron chi connectivity index (χ4n) is 2.53. The Bertz CT molecular complexity index is 724. The number of alkyl halides is 2. The molecule has 0 radical (unpaired) electrons. The van der Waals surface area contributed by atoms with Gasteiger partial charge in [-0.2, -0.15) is 8.78 Å². The fourth-order valence-corrected chi connectivity index (χ4v) is 3.40. The summed E-state index contributed by atoms with van der Waals surface area (Å²) in [5.74, 6) is 1.57. The molecule has 1 aromatic heterocycles. The van der Waals surface area contributed by atoms with E-state index in [0.29, 0.717) is 29.7 Å². The number of rotatable bonds is 9. The van der Waals surface area contributed by atoms with Gasteiger partial charge in [-0.15, -0.1) is 11.3 Å². The number of aliphatic imine (C=N–C) groups is 1. The highest BCUT2D eigenvalue weighted by atomic mass is 32.1. The van der Waals surface area contributed by atoms with E-state index in [1.165, 1.54) is 18.1 Å². The minimum absolute atomic E-state index is 0.0818. The number of hydrogen-bond donors (Lipinski definition) is 2. The lowest BCUT2D eigenvalue weighted by Gasteiger charge is -2.17. The zero-order chi connectivity index (χ0) is 19.6. The van der Waals surface area contributed by atoms with Crippen LogP contribution in [0.1, 0.15) is 17.4 Å². The summed E-state index contributed by atoms with van der Waals surface area (Å²) in [5.41, 5.74) is 0.589. The van der Waals surface area contributed by atoms with Gasteiger partial charge < -0.3 is 20.1 Å². The van der Waals surface area contributed by atoms with Gasteiger partial charge in [-0.25, -0.2) is 0 Å². The van der Waals surface area contributed by atoms with Gasteiger partial charge in [-0.05, 0) is 35.9 Å². The van der Waals surface area contributed by atoms with E-state index in [1.807, 2.05) is 0 Å². The van der Waals surface area contributed by atoms with Crippen molar-refractivity contribution >= 4 is 17.3 Å². The third kappa shape index (κ3) is 7.05. The van der Waals surface area contributed by atoms with Crippen LogP contribution in [0.3, 0.4) is 0 Å². The molecule has 0 saturated carbocycles. The molecule has 0 bridgehead atoms. The first-order valence-electron chi connectivity index (χ1n) is 8.60. The Hall–Kier alpha value is -2.35. The van der Waals surface area contributed by atoms with Gasteiger partial charge in [0.15, 0.2) is 5.96 Å². The van der Waals surface area contributed by atoms with Gasteiger partial charge in [0, 0.05) is 36.6 Å². The summed E-state index contributed by atoms with van der Waals surface area (Å²) in [5, 5.41) is 8.46. The van der Waals surface area contributed by atoms with E-state index in [2.05, 4.69) is 44.8 Å². The highest BCUT2D eigenvalue weighted by molar-refractivity contribution is 7.09. The molecule has 1 atom stereocenters. The van der Waals surface area contributed by atoms with Crippen molar-refractivity contribution in [2.45, 2.75) is 26.5 Å². The molecule has 2 rings (SSSR count). The summed E-state index contributed by atoms with van der Waals surface area (Å²) < 4.78 is 35.0. The van der Waals surface area contributed by atoms with E-state index in [1.54, 1.807) is 30.5 Å². The van der Waals surface area contributed by atoms with Crippen LogP contribution in [-0.2, 0) is 13.0 Å². The topological polar surface area (TPSA) is 54.9 Å². The maximum Gasteiger partial charge on any atom is 0.387 e. The zero-order valence-electron chi connectivity index (χ0n) is 15.7. The maximum absolute atomic E-state index is 12.6. The predicted molar refractivity (Wildman–Crippen MR) is 105 cm³/mol. The SMILES string of the molecule is CN=C(NCc1ccc(OC)cc1OC(F)F)NCC(C)Cc1cccs1. The molecule has 0 aliphatic heterocycles. The third-order valence-electron chi connectivity index (χ3n) is 3.91. The van der Waals surface area contributed by atoms with Gasteiger partial charge in [0.1, 0.15) is 11.5 Å². The molecule has 5 nitrogen and oxygen atoms in total. The molecule has 27 heavy (non-hydrogen) atoms. The molecule has 2 N–H and O–H groups in total. The normalized spacial score (nSPS) is 12.7. The summed E-state index contributed by atoms with van der Waals surface area (Å²) in [6, 6.07) is 9.02. The van der Waals surface area contributed by atoms with E-state index in [-0.39, 0.29) is 5.75 Å². The van der Waals surface area contributed by atoms with Crippen LogP contribution < -0.4 is 20.1 Å². The summed E-state index contributed by atoms with van der Waals surface area (Å²) >= 11 is 1.75. The Morgan fingerprint density at radius 2 is 2.07 bits per heavy atom. The lowest BCUT2D eigenvalue weighted by molar-refractivity contribution is -0.0505. The molecule has 8 heteroatoms. The number of nitrogens with one attached hydrogen (secondary N) is 2. The van der Waals surface area contributed by atoms with Crippen LogP contribution in [0.2, 0.25) is 0 Å². The first-order chi connectivity index (χ1) is 13.0. The van der Waals surface area contributed by atoms with E-state index >= 15 is 0 Å². The Balaban J connectivity index is 1.89. The average Bonchev–Trinajstić information content (AvgIpc) is 3.15. The monoisotopic (exact) mass is 397 g/mol. The average molecular weight is 397 g/mol. The van der Waals surface area contributed by atoms with E-state index in [0.717, 1.165) is 13.0 Å². The third-order valence-corrected chi connectivity index (χ3v) is 4.81. The quantitative estimate of drug-likeness (QED) is 0.498. The molecule has 0 fully saturated rings. The number of nitrogens with zero attached hydrogens (tertiary/aromatic N) is 1. The van der Waals surface area contributed by atoms with E-state index in [9.17, 15) is 8.78 Å². The van der Waals surface area contributed by atoms with Crippen LogP contribution in [0, 0.1) is 5.92 Å². The molecule has 0 saturated heterocycles. The second-order valence-electron chi connectivity index (χ2n) is 6.05. The standard InChI is InChI=1S/C19H25F2N3O2S/c1-13(9-16-5-4-8-27-16)11-23-19(22-2)24-12-14-6-7-15(25-3)10-17(14)26-18(20)21/h4-8,10,13,18H,9,11-12H2,1-3H3,(H2,22,23,24). The maximum atomic E-state index is 12.6. The first kappa shape index (κ1) is 21.0. The van der Waals surface area contributed by atoms with Crippen LogP contribution in [0.15, 0.2) is 40.7 Å². The summed E-state index contributed by atoms with van der Waals surface area (Å²) in [6.45, 7) is 0.315. The smallest absolute Gasteiger partial charge is 0.387 e. The van der Waals surface area contributed by atoms with Gasteiger partial charge in [0.05, 0.1) is 7.11 Å². The summed E-state index contributed by atoms with van der Waals surface area (Å²) in [4.78, 5) is 5.53. The first-order valence-corrected chi connectivity index (χ1v) is 9.48. The minimum Gasteiger partial charge on any atom is -0.497 e. The number of ether oxygens (including phenoxy) is 2. The van der Waals surface area contributed by atoms with Crippen LogP contribution >= 0.6 is 11.3 Å². The number of hydrogen-bond acceptors (Lipinski definition) is 4. The highest BCUT2D eigenvalue weighted by Gasteiger charge is 2.12. The van der Waals surface area contributed by atoms with Crippen LogP contribution in [0.5, 0.6) is 11.5 Å². The largest absolute Gasteiger partial charge is 0.497 e. The lowest BCUT2D eigenvalue weighted by atomic mass is 10.1. The van der Waals surface area contributed by atoms with Gasteiger partial charge in [0.2, 0.25) is 0 Å². The van der Waals surface area contributed by atoms with Gasteiger partial charge in [0.25, 0.3) is 0 Å². The van der Waals surface area contributed by atoms with Crippen molar-refractivity contribution < 1.29 is 18.3 Å². The van der Waals surface area contributed by atoms with Crippen LogP contribution in [0.4, 0.5) is 8.78 Å². The van der Waals surface area contributed by atoms with Crippen molar-refractivity contribution in [3.63, 3.8) is 0 Å². The highest BCUT2D eigenvalue weighted by Crippen LogP contribution is 2.26. The van der Waals surface area contributed by atoms with Gasteiger partial charge >= 0.3 is 6.61 Å². The Morgan fingerprint density at radius 1 is 1.26 bits per heavy atom. The number of guanidine groups is 1. The second-order valence-corrected chi connectivity index (χ2v) is 7.08. The van der Waals surface area contributed by atoms with Gasteiger partial charge in [-0.3, -0.25) is 4.99 Å². The van der Waals surface area contributed by atoms with Crippen molar-refractivity contribution in [2.24, 2.45) is 10.9 Å². The molecule has 1 heterocycles. The molecular weight excluding hydrogens is 372 g/mol. The fraction of sp³-hybridized carbons (Fsp3) is 0.421. The van der Waals surface area contributed by atoms with E-state index < -0.39 is 6.61 Å². The Labute approximate surface area is 162 Å². The molecule has 1 unspecified atom stereocenters. The number of methoxy groups -OCH3 is 1. The second kappa shape index (κ2) is 10.7. The molecule has 0 aliphatic carbocycles. The number of halogens is 2. The lowest BCUT2D eigenvalue weighted by Crippen LogP contribution is -2.39. The molecular formula is C19H25F2N3O2S. The molecule has 2 aromatic rings. The molecule has 0 amide bonds.